The SMILES string of the molecule is N#Cc1ccccc1Nc1ncc(C(=O)NCc2cccnc2)cn1. The zero-order chi connectivity index (χ0) is 17.5. The van der Waals surface area contributed by atoms with E-state index in [0.717, 1.165) is 5.56 Å². The molecule has 0 radical (unpaired) electrons. The van der Waals surface area contributed by atoms with Gasteiger partial charge in [0.1, 0.15) is 6.07 Å². The van der Waals surface area contributed by atoms with Crippen LogP contribution in [0.1, 0.15) is 21.5 Å². The first kappa shape index (κ1) is 16.1. The zero-order valence-corrected chi connectivity index (χ0v) is 13.2. The first-order valence-electron chi connectivity index (χ1n) is 7.51. The van der Waals surface area contributed by atoms with Crippen LogP contribution in [0.2, 0.25) is 0 Å². The second-order valence-corrected chi connectivity index (χ2v) is 5.12. The number of hydrogen-bond acceptors (Lipinski definition) is 6. The molecule has 7 heteroatoms. The summed E-state index contributed by atoms with van der Waals surface area (Å²) in [5, 5.41) is 14.8. The molecule has 3 aromatic rings. The van der Waals surface area contributed by atoms with Crippen molar-refractivity contribution in [3.63, 3.8) is 0 Å². The number of carbonyl (C=O) groups excluding carboxylic acids is 1. The van der Waals surface area contributed by atoms with E-state index in [1.165, 1.54) is 12.4 Å². The summed E-state index contributed by atoms with van der Waals surface area (Å²) in [6.07, 6.45) is 6.23. The van der Waals surface area contributed by atoms with Gasteiger partial charge in [0.05, 0.1) is 16.8 Å². The highest BCUT2D eigenvalue weighted by Crippen LogP contribution is 2.17. The van der Waals surface area contributed by atoms with Gasteiger partial charge in [-0.05, 0) is 23.8 Å². The molecule has 0 saturated heterocycles. The van der Waals surface area contributed by atoms with Gasteiger partial charge < -0.3 is 10.6 Å². The number of benzene rings is 1. The van der Waals surface area contributed by atoms with E-state index in [-0.39, 0.29) is 5.91 Å². The molecule has 0 unspecified atom stereocenters. The molecule has 3 rings (SSSR count). The average molecular weight is 330 g/mol. The van der Waals surface area contributed by atoms with E-state index in [1.54, 1.807) is 30.6 Å². The van der Waals surface area contributed by atoms with E-state index >= 15 is 0 Å². The molecule has 122 valence electrons. The number of nitrogens with one attached hydrogen (secondary N) is 2. The highest BCUT2D eigenvalue weighted by atomic mass is 16.1. The molecule has 0 atom stereocenters. The number of anilines is 2. The van der Waals surface area contributed by atoms with Crippen molar-refractivity contribution < 1.29 is 4.79 Å². The largest absolute Gasteiger partial charge is 0.348 e. The van der Waals surface area contributed by atoms with Crippen molar-refractivity contribution in [2.45, 2.75) is 6.54 Å². The molecule has 25 heavy (non-hydrogen) atoms. The lowest BCUT2D eigenvalue weighted by atomic mass is 10.2. The smallest absolute Gasteiger partial charge is 0.254 e. The Morgan fingerprint density at radius 2 is 1.88 bits per heavy atom. The summed E-state index contributed by atoms with van der Waals surface area (Å²) >= 11 is 0. The number of rotatable bonds is 5. The lowest BCUT2D eigenvalue weighted by Gasteiger charge is -2.07. The van der Waals surface area contributed by atoms with Crippen molar-refractivity contribution in [1.82, 2.24) is 20.3 Å². The molecule has 0 spiro atoms. The van der Waals surface area contributed by atoms with E-state index < -0.39 is 0 Å². The highest BCUT2D eigenvalue weighted by Gasteiger charge is 2.08. The molecule has 0 bridgehead atoms. The predicted molar refractivity (Wildman–Crippen MR) is 91.9 cm³/mol. The fourth-order valence-electron chi connectivity index (χ4n) is 2.11. The second-order valence-electron chi connectivity index (χ2n) is 5.12. The Morgan fingerprint density at radius 3 is 2.60 bits per heavy atom. The van der Waals surface area contributed by atoms with Gasteiger partial charge in [0.25, 0.3) is 5.91 Å². The topological polar surface area (TPSA) is 104 Å². The van der Waals surface area contributed by atoms with Crippen LogP contribution < -0.4 is 10.6 Å². The molecule has 2 aromatic heterocycles. The minimum absolute atomic E-state index is 0.271. The number of carbonyl (C=O) groups is 1. The summed E-state index contributed by atoms with van der Waals surface area (Å²) in [5.41, 5.74) is 2.36. The highest BCUT2D eigenvalue weighted by molar-refractivity contribution is 5.93. The van der Waals surface area contributed by atoms with E-state index in [2.05, 4.69) is 31.7 Å². The maximum Gasteiger partial charge on any atom is 0.254 e. The molecule has 0 fully saturated rings. The van der Waals surface area contributed by atoms with Gasteiger partial charge in [-0.25, -0.2) is 9.97 Å². The van der Waals surface area contributed by atoms with Crippen LogP contribution >= 0.6 is 0 Å². The Labute approximate surface area is 144 Å². The number of nitriles is 1. The number of aromatic nitrogens is 3. The summed E-state index contributed by atoms with van der Waals surface area (Å²) in [7, 11) is 0. The van der Waals surface area contributed by atoms with Crippen LogP contribution in [0.25, 0.3) is 0 Å². The Morgan fingerprint density at radius 1 is 1.08 bits per heavy atom. The van der Waals surface area contributed by atoms with Crippen molar-refractivity contribution in [3.05, 3.63) is 77.9 Å². The fraction of sp³-hybridized carbons (Fsp3) is 0.0556. The summed E-state index contributed by atoms with van der Waals surface area (Å²) in [6.45, 7) is 0.377. The summed E-state index contributed by atoms with van der Waals surface area (Å²) < 4.78 is 0. The Kier molecular flexibility index (Phi) is 4.93. The second kappa shape index (κ2) is 7.66. The van der Waals surface area contributed by atoms with E-state index in [0.29, 0.717) is 29.3 Å². The van der Waals surface area contributed by atoms with Crippen LogP contribution in [0.15, 0.2) is 61.2 Å². The number of nitrogens with zero attached hydrogens (tertiary/aromatic N) is 4. The number of hydrogen-bond donors (Lipinski definition) is 2. The lowest BCUT2D eigenvalue weighted by molar-refractivity contribution is 0.0950. The van der Waals surface area contributed by atoms with Crippen LogP contribution in [0.3, 0.4) is 0 Å². The number of amides is 1. The summed E-state index contributed by atoms with van der Waals surface area (Å²) in [6, 6.07) is 12.8. The van der Waals surface area contributed by atoms with Gasteiger partial charge in [0, 0.05) is 31.3 Å². The van der Waals surface area contributed by atoms with Gasteiger partial charge >= 0.3 is 0 Å². The quantitative estimate of drug-likeness (QED) is 0.744. The predicted octanol–water partition coefficient (Wildman–Crippen LogP) is 2.42. The van der Waals surface area contributed by atoms with Crippen molar-refractivity contribution >= 4 is 17.5 Å². The van der Waals surface area contributed by atoms with Crippen molar-refractivity contribution in [3.8, 4) is 6.07 Å². The van der Waals surface area contributed by atoms with Gasteiger partial charge in [0.2, 0.25) is 5.95 Å². The molecular formula is C18H14N6O. The third-order valence-corrected chi connectivity index (χ3v) is 3.38. The number of para-hydroxylation sites is 1. The Balaban J connectivity index is 1.64. The molecule has 2 N–H and O–H groups in total. The maximum atomic E-state index is 12.1. The van der Waals surface area contributed by atoms with Crippen LogP contribution in [0.5, 0.6) is 0 Å². The molecule has 0 aliphatic heterocycles. The minimum Gasteiger partial charge on any atom is -0.348 e. The van der Waals surface area contributed by atoms with Gasteiger partial charge in [0.15, 0.2) is 0 Å². The summed E-state index contributed by atoms with van der Waals surface area (Å²) in [4.78, 5) is 24.3. The van der Waals surface area contributed by atoms with Crippen LogP contribution in [0, 0.1) is 11.3 Å². The molecule has 0 aliphatic carbocycles. The molecule has 1 aromatic carbocycles. The molecule has 0 saturated carbocycles. The zero-order valence-electron chi connectivity index (χ0n) is 13.2. The van der Waals surface area contributed by atoms with Crippen molar-refractivity contribution in [1.29, 1.82) is 5.26 Å². The third kappa shape index (κ3) is 4.14. The monoisotopic (exact) mass is 330 g/mol. The van der Waals surface area contributed by atoms with Gasteiger partial charge in [-0.3, -0.25) is 9.78 Å². The van der Waals surface area contributed by atoms with Crippen LogP contribution in [-0.4, -0.2) is 20.9 Å². The van der Waals surface area contributed by atoms with Gasteiger partial charge in [-0.1, -0.05) is 18.2 Å². The Hall–Kier alpha value is -3.79. The standard InChI is InChI=1S/C18H14N6O/c19-8-14-5-1-2-6-16(14)24-18-22-11-15(12-23-18)17(25)21-10-13-4-3-7-20-9-13/h1-7,9,11-12H,10H2,(H,21,25)(H,22,23,24). The molecule has 7 nitrogen and oxygen atoms in total. The normalized spacial score (nSPS) is 9.88. The minimum atomic E-state index is -0.271. The van der Waals surface area contributed by atoms with E-state index in [1.807, 2.05) is 18.2 Å². The lowest BCUT2D eigenvalue weighted by Crippen LogP contribution is -2.23. The van der Waals surface area contributed by atoms with Crippen LogP contribution in [-0.2, 0) is 6.54 Å². The van der Waals surface area contributed by atoms with E-state index in [9.17, 15) is 4.79 Å². The fourth-order valence-corrected chi connectivity index (χ4v) is 2.11. The van der Waals surface area contributed by atoms with Crippen molar-refractivity contribution in [2.24, 2.45) is 0 Å². The third-order valence-electron chi connectivity index (χ3n) is 3.38. The average Bonchev–Trinajstić information content (AvgIpc) is 2.68. The molecule has 2 heterocycles. The first-order valence-corrected chi connectivity index (χ1v) is 7.51. The maximum absolute atomic E-state index is 12.1. The Bertz CT molecular complexity index is 903. The van der Waals surface area contributed by atoms with E-state index in [4.69, 9.17) is 5.26 Å². The van der Waals surface area contributed by atoms with Gasteiger partial charge in [-0.15, -0.1) is 0 Å². The number of pyridine rings is 1. The molecule has 0 aliphatic rings. The first-order chi connectivity index (χ1) is 12.3. The van der Waals surface area contributed by atoms with Crippen LogP contribution in [0.4, 0.5) is 11.6 Å². The summed E-state index contributed by atoms with van der Waals surface area (Å²) in [5.74, 6) is 0.0411. The van der Waals surface area contributed by atoms with Gasteiger partial charge in [-0.2, -0.15) is 5.26 Å². The molecule has 1 amide bonds. The molecular weight excluding hydrogens is 316 g/mol. The van der Waals surface area contributed by atoms with Crippen molar-refractivity contribution in [2.75, 3.05) is 5.32 Å².